The molecule has 0 spiro atoms. The van der Waals surface area contributed by atoms with Crippen LogP contribution in [0.3, 0.4) is 0 Å². The van der Waals surface area contributed by atoms with Crippen LogP contribution in [0.1, 0.15) is 41.7 Å². The smallest absolute Gasteiger partial charge is 0.261 e. The number of nitrogens with zero attached hydrogens (tertiary/aromatic N) is 3. The first-order valence-corrected chi connectivity index (χ1v) is 14.6. The summed E-state index contributed by atoms with van der Waals surface area (Å²) >= 11 is 13.1. The minimum absolute atomic E-state index is 0.0136. The van der Waals surface area contributed by atoms with Gasteiger partial charge in [0.25, 0.3) is 5.91 Å². The molecule has 0 radical (unpaired) electrons. The lowest BCUT2D eigenvalue weighted by Gasteiger charge is -2.70. The summed E-state index contributed by atoms with van der Waals surface area (Å²) in [6, 6.07) is 8.99. The molecule has 3 fully saturated rings. The van der Waals surface area contributed by atoms with Crippen LogP contribution in [0, 0.1) is 0 Å². The third kappa shape index (κ3) is 4.29. The number of Topliss-reactive ketones (excluding diaryl/α,β-unsaturated/α-hetero) is 1. The highest BCUT2D eigenvalue weighted by molar-refractivity contribution is 14.3. The summed E-state index contributed by atoms with van der Waals surface area (Å²) in [6.07, 6.45) is 7.53. The number of alkyl halides is 3. The van der Waals surface area contributed by atoms with Gasteiger partial charge in [-0.1, -0.05) is 11.6 Å². The van der Waals surface area contributed by atoms with Crippen molar-refractivity contribution in [3.63, 3.8) is 0 Å². The number of aromatic nitrogens is 3. The van der Waals surface area contributed by atoms with E-state index in [0.29, 0.717) is 16.3 Å². The van der Waals surface area contributed by atoms with E-state index in [1.54, 1.807) is 18.2 Å². The van der Waals surface area contributed by atoms with Crippen LogP contribution in [0.25, 0.3) is 11.3 Å². The molecule has 1 atom stereocenters. The van der Waals surface area contributed by atoms with Crippen molar-refractivity contribution in [2.75, 3.05) is 0 Å². The van der Waals surface area contributed by atoms with Crippen LogP contribution >= 0.6 is 79.4 Å². The van der Waals surface area contributed by atoms with E-state index >= 15 is 0 Å². The van der Waals surface area contributed by atoms with Gasteiger partial charge in [0.05, 0.1) is 35.2 Å². The molecular weight excluding hydrogens is 808 g/mol. The van der Waals surface area contributed by atoms with Crippen molar-refractivity contribution < 1.29 is 14.3 Å². The quantitative estimate of drug-likeness (QED) is 0.260. The van der Waals surface area contributed by atoms with Crippen LogP contribution in [0.15, 0.2) is 49.1 Å². The van der Waals surface area contributed by atoms with Gasteiger partial charge in [-0.15, -0.1) is 0 Å². The maximum Gasteiger partial charge on any atom is 0.261 e. The van der Waals surface area contributed by atoms with Gasteiger partial charge in [0, 0.05) is 28.5 Å². The molecule has 2 aromatic heterocycles. The van der Waals surface area contributed by atoms with E-state index in [9.17, 15) is 9.59 Å². The van der Waals surface area contributed by atoms with Crippen LogP contribution in [0.5, 0.6) is 5.75 Å². The first-order chi connectivity index (χ1) is 16.6. The summed E-state index contributed by atoms with van der Waals surface area (Å²) in [5, 5.41) is 3.63. The number of imidazole rings is 1. The maximum absolute atomic E-state index is 12.9. The van der Waals surface area contributed by atoms with Gasteiger partial charge >= 0.3 is 0 Å². The number of amides is 1. The lowest BCUT2D eigenvalue weighted by Crippen LogP contribution is -2.79. The number of ether oxygens (including phenoxy) is 1. The van der Waals surface area contributed by atoms with E-state index < -0.39 is 6.10 Å². The molecular formula is C24H18ClI3N4O3. The van der Waals surface area contributed by atoms with Crippen LogP contribution in [0.4, 0.5) is 0 Å². The van der Waals surface area contributed by atoms with Gasteiger partial charge < -0.3 is 14.6 Å². The zero-order chi connectivity index (χ0) is 24.6. The number of ketones is 1. The summed E-state index contributed by atoms with van der Waals surface area (Å²) in [7, 11) is 0. The molecule has 1 unspecified atom stereocenters. The molecule has 3 saturated carbocycles. The lowest BCUT2D eigenvalue weighted by molar-refractivity contribution is -0.160. The van der Waals surface area contributed by atoms with Crippen LogP contribution < -0.4 is 10.1 Å². The molecule has 0 saturated heterocycles. The fraction of sp³-hybridized carbons (Fsp3) is 0.333. The number of carbonyl (C=O) groups is 2. The summed E-state index contributed by atoms with van der Waals surface area (Å²) in [5.74, 6) is 0.0497. The molecule has 35 heavy (non-hydrogen) atoms. The Labute approximate surface area is 247 Å². The molecule has 1 N–H and O–H groups in total. The number of carbonyl (C=O) groups excluding carboxylic acids is 2. The SMILES string of the molecule is O=C1CC(C(=O)NC23CC(n4cnc(-c5ccc(C(I)(I)I)nc5)c4)(C2)C3)Oc2ccc(Cl)cc21. The minimum Gasteiger partial charge on any atom is -0.479 e. The minimum atomic E-state index is -0.817. The number of fused-ring (bicyclic) bond motifs is 1. The highest BCUT2D eigenvalue weighted by Crippen LogP contribution is 2.65. The molecule has 1 amide bonds. The van der Waals surface area contributed by atoms with Crippen LogP contribution in [-0.2, 0) is 9.77 Å². The van der Waals surface area contributed by atoms with Gasteiger partial charge in [-0.2, -0.15) is 0 Å². The Morgan fingerprint density at radius 3 is 2.63 bits per heavy atom. The molecule has 7 rings (SSSR count). The number of pyridine rings is 1. The van der Waals surface area contributed by atoms with E-state index in [2.05, 4.69) is 99.9 Å². The summed E-state index contributed by atoms with van der Waals surface area (Å²) in [6.45, 7) is 0. The molecule has 11 heteroatoms. The van der Waals surface area contributed by atoms with E-state index in [1.807, 2.05) is 18.6 Å². The summed E-state index contributed by atoms with van der Waals surface area (Å²) in [5.41, 5.74) is 3.07. The Balaban J connectivity index is 1.09. The second kappa shape index (κ2) is 8.51. The Kier molecular flexibility index (Phi) is 5.92. The molecule has 7 nitrogen and oxygen atoms in total. The van der Waals surface area contributed by atoms with E-state index in [4.69, 9.17) is 16.3 Å². The van der Waals surface area contributed by atoms with Crippen molar-refractivity contribution in [2.45, 2.75) is 42.3 Å². The van der Waals surface area contributed by atoms with E-state index in [-0.39, 0.29) is 28.6 Å². The van der Waals surface area contributed by atoms with Gasteiger partial charge in [0.2, 0.25) is 0 Å². The Morgan fingerprint density at radius 2 is 1.94 bits per heavy atom. The number of hydrogen-bond donors (Lipinski definition) is 1. The van der Waals surface area contributed by atoms with Crippen molar-refractivity contribution in [3.05, 3.63) is 65.3 Å². The fourth-order valence-electron chi connectivity index (χ4n) is 5.37. The topological polar surface area (TPSA) is 86.1 Å². The third-order valence-corrected chi connectivity index (χ3v) is 8.94. The normalized spacial score (nSPS) is 26.7. The second-order valence-corrected chi connectivity index (χ2v) is 21.0. The van der Waals surface area contributed by atoms with Crippen LogP contribution in [0.2, 0.25) is 5.02 Å². The number of hydrogen-bond acceptors (Lipinski definition) is 5. The Morgan fingerprint density at radius 1 is 1.17 bits per heavy atom. The number of nitrogens with one attached hydrogen (secondary N) is 1. The molecule has 3 aliphatic carbocycles. The zero-order valence-electron chi connectivity index (χ0n) is 18.1. The summed E-state index contributed by atoms with van der Waals surface area (Å²) < 4.78 is 7.92. The monoisotopic (exact) mass is 826 g/mol. The van der Waals surface area contributed by atoms with E-state index in [0.717, 1.165) is 36.2 Å². The fourth-order valence-corrected chi connectivity index (χ4v) is 6.50. The van der Waals surface area contributed by atoms with Gasteiger partial charge in [-0.3, -0.25) is 14.6 Å². The molecule has 1 aliphatic heterocycles. The largest absolute Gasteiger partial charge is 0.479 e. The lowest BCUT2D eigenvalue weighted by atomic mass is 9.44. The highest BCUT2D eigenvalue weighted by atomic mass is 127. The van der Waals surface area contributed by atoms with Gasteiger partial charge in [0.1, 0.15) is 5.75 Å². The van der Waals surface area contributed by atoms with Crippen molar-refractivity contribution in [3.8, 4) is 17.0 Å². The van der Waals surface area contributed by atoms with Gasteiger partial charge in [0.15, 0.2) is 11.3 Å². The van der Waals surface area contributed by atoms with Crippen molar-refractivity contribution >= 4 is 91.1 Å². The highest BCUT2D eigenvalue weighted by Gasteiger charge is 2.70. The number of benzene rings is 1. The Hall–Kier alpha value is -1.000. The molecule has 180 valence electrons. The first kappa shape index (κ1) is 24.3. The molecule has 3 aromatic rings. The van der Waals surface area contributed by atoms with E-state index in [1.165, 1.54) is 0 Å². The second-order valence-electron chi connectivity index (χ2n) is 9.49. The first-order valence-electron chi connectivity index (χ1n) is 11.0. The number of halogens is 4. The Bertz CT molecular complexity index is 1350. The van der Waals surface area contributed by atoms with Crippen molar-refractivity contribution in [2.24, 2.45) is 0 Å². The average Bonchev–Trinajstić information content (AvgIpc) is 3.25. The zero-order valence-corrected chi connectivity index (χ0v) is 25.3. The molecule has 3 heterocycles. The van der Waals surface area contributed by atoms with Gasteiger partial charge in [-0.05, 0) is 117 Å². The standard InChI is InChI=1S/C24H18ClI3N4O3/c25-14-2-3-18-15(5-14)17(33)6-19(35-18)21(34)31-22-9-23(10-22,11-22)32-8-16(30-12-32)13-1-4-20(29-7-13)24(26,27)28/h1-5,7-8,12,19H,6,9-11H2,(H,31,34). The predicted octanol–water partition coefficient (Wildman–Crippen LogP) is 5.80. The van der Waals surface area contributed by atoms with Crippen molar-refractivity contribution in [1.29, 1.82) is 0 Å². The van der Waals surface area contributed by atoms with Gasteiger partial charge in [-0.25, -0.2) is 4.98 Å². The number of rotatable bonds is 5. The molecule has 4 aliphatic rings. The summed E-state index contributed by atoms with van der Waals surface area (Å²) in [4.78, 5) is 34.6. The van der Waals surface area contributed by atoms with Crippen LogP contribution in [-0.4, -0.2) is 37.9 Å². The third-order valence-electron chi connectivity index (χ3n) is 7.05. The molecule has 2 bridgehead atoms. The van der Waals surface area contributed by atoms with Crippen molar-refractivity contribution in [1.82, 2.24) is 19.9 Å². The maximum atomic E-state index is 12.9. The predicted molar refractivity (Wildman–Crippen MR) is 157 cm³/mol. The molecule has 1 aromatic carbocycles. The average molecular weight is 827 g/mol.